The number of fused-ring (bicyclic) bond motifs is 2. The standard InChI is InChI=1S/C34H33N3O5/c1-37(15-16-37)25-6-3-22(4-7-25)20-35-13-2-14-36-34(41)23-5-10-28(24(17-23)21-38)33-29-11-8-26(39)18-31(29)42-32-19-27(40)9-12-30(32)33/h3-12,17-19,21,29,31,35H,2,13-16,20H2,1H3,(H-,36,39,41)/p+1. The number of aldehydes is 1. The maximum atomic E-state index is 12.9. The van der Waals surface area contributed by atoms with Crippen LogP contribution in [0, 0.1) is 5.92 Å². The van der Waals surface area contributed by atoms with E-state index in [4.69, 9.17) is 4.74 Å². The fourth-order valence-electron chi connectivity index (χ4n) is 5.66. The number of allylic oxidation sites excluding steroid dienone is 4. The minimum Gasteiger partial charge on any atom is -0.508 e. The highest BCUT2D eigenvalue weighted by molar-refractivity contribution is 6.04. The van der Waals surface area contributed by atoms with Gasteiger partial charge < -0.3 is 20.5 Å². The molecule has 0 saturated carbocycles. The van der Waals surface area contributed by atoms with Gasteiger partial charge >= 0.3 is 0 Å². The molecule has 4 aliphatic rings. The number of benzene rings is 2. The van der Waals surface area contributed by atoms with Gasteiger partial charge in [-0.1, -0.05) is 24.3 Å². The van der Waals surface area contributed by atoms with Crippen LogP contribution in [0.2, 0.25) is 0 Å². The number of carbonyl (C=O) groups excluding carboxylic acids is 3. The molecule has 1 fully saturated rings. The van der Waals surface area contributed by atoms with Gasteiger partial charge in [-0.15, -0.1) is 0 Å². The van der Waals surface area contributed by atoms with Gasteiger partial charge in [0, 0.05) is 41.8 Å². The fraction of sp³-hybridized carbons (Fsp3) is 0.265. The fourth-order valence-corrected chi connectivity index (χ4v) is 5.66. The number of amides is 1. The lowest BCUT2D eigenvalue weighted by atomic mass is 9.77. The molecule has 2 aromatic rings. The van der Waals surface area contributed by atoms with Crippen LogP contribution in [0.15, 0.2) is 96.0 Å². The lowest BCUT2D eigenvalue weighted by Gasteiger charge is -2.36. The Morgan fingerprint density at radius 1 is 1.10 bits per heavy atom. The van der Waals surface area contributed by atoms with E-state index in [1.54, 1.807) is 36.4 Å². The number of carbonyl (C=O) groups is 3. The first-order valence-corrected chi connectivity index (χ1v) is 14.3. The maximum absolute atomic E-state index is 12.9. The van der Waals surface area contributed by atoms with Gasteiger partial charge in [-0.2, -0.15) is 0 Å². The van der Waals surface area contributed by atoms with Crippen LogP contribution in [0.25, 0.3) is 5.57 Å². The van der Waals surface area contributed by atoms with Crippen molar-refractivity contribution < 1.29 is 24.2 Å². The molecule has 0 aromatic heterocycles. The van der Waals surface area contributed by atoms with E-state index >= 15 is 0 Å². The minimum absolute atomic E-state index is 0.0755. The Kier molecular flexibility index (Phi) is 7.49. The van der Waals surface area contributed by atoms with Crippen LogP contribution in [0.1, 0.15) is 38.3 Å². The summed E-state index contributed by atoms with van der Waals surface area (Å²) in [6.07, 6.45) is 10.6. The van der Waals surface area contributed by atoms with Gasteiger partial charge in [0.25, 0.3) is 5.91 Å². The molecule has 42 heavy (non-hydrogen) atoms. The monoisotopic (exact) mass is 564 g/mol. The lowest BCUT2D eigenvalue weighted by Crippen LogP contribution is -2.31. The molecule has 6 rings (SSSR count). The third kappa shape index (κ3) is 5.64. The number of hydrogen-bond acceptors (Lipinski definition) is 6. The molecule has 3 N–H and O–H groups in total. The molecule has 2 aliphatic carbocycles. The first-order valence-electron chi connectivity index (χ1n) is 14.3. The van der Waals surface area contributed by atoms with E-state index in [0.29, 0.717) is 34.6 Å². The van der Waals surface area contributed by atoms with Gasteiger partial charge in [0.05, 0.1) is 7.05 Å². The summed E-state index contributed by atoms with van der Waals surface area (Å²) in [7, 11) is 2.25. The summed E-state index contributed by atoms with van der Waals surface area (Å²) in [6, 6.07) is 13.8. The van der Waals surface area contributed by atoms with Crippen LogP contribution in [-0.2, 0) is 16.1 Å². The van der Waals surface area contributed by atoms with Gasteiger partial charge in [0.15, 0.2) is 12.1 Å². The van der Waals surface area contributed by atoms with Gasteiger partial charge in [-0.25, -0.2) is 0 Å². The quantitative estimate of drug-likeness (QED) is 0.173. The lowest BCUT2D eigenvalue weighted by molar-refractivity contribution is -0.110. The number of aliphatic hydroxyl groups is 1. The number of ether oxygens (including phenoxy) is 1. The van der Waals surface area contributed by atoms with Crippen molar-refractivity contribution >= 4 is 29.2 Å². The topological polar surface area (TPSA) is 105 Å². The van der Waals surface area contributed by atoms with Crippen LogP contribution < -0.4 is 15.1 Å². The third-order valence-electron chi connectivity index (χ3n) is 8.33. The number of ketones is 1. The Morgan fingerprint density at radius 2 is 1.90 bits per heavy atom. The molecule has 0 bridgehead atoms. The summed E-state index contributed by atoms with van der Waals surface area (Å²) in [4.78, 5) is 37.2. The highest BCUT2D eigenvalue weighted by atomic mass is 16.5. The number of quaternary nitrogens is 1. The third-order valence-corrected chi connectivity index (χ3v) is 8.33. The van der Waals surface area contributed by atoms with E-state index in [0.717, 1.165) is 35.9 Å². The first-order chi connectivity index (χ1) is 20.3. The van der Waals surface area contributed by atoms with Crippen LogP contribution in [0.3, 0.4) is 0 Å². The largest absolute Gasteiger partial charge is 0.508 e. The molecule has 2 aliphatic heterocycles. The normalized spacial score (nSPS) is 21.5. The number of aliphatic hydroxyl groups excluding tert-OH is 1. The van der Waals surface area contributed by atoms with E-state index in [1.807, 2.05) is 6.08 Å². The molecule has 0 spiro atoms. The predicted molar refractivity (Wildman–Crippen MR) is 162 cm³/mol. The number of nitrogens with zero attached hydrogens (tertiary/aromatic N) is 1. The Labute approximate surface area is 245 Å². The van der Waals surface area contributed by atoms with E-state index in [-0.39, 0.29) is 23.4 Å². The van der Waals surface area contributed by atoms with Crippen molar-refractivity contribution in [2.24, 2.45) is 5.92 Å². The highest BCUT2D eigenvalue weighted by Crippen LogP contribution is 2.44. The highest BCUT2D eigenvalue weighted by Gasteiger charge is 2.39. The van der Waals surface area contributed by atoms with Crippen LogP contribution in [0.4, 0.5) is 5.69 Å². The van der Waals surface area contributed by atoms with Crippen molar-refractivity contribution in [1.29, 1.82) is 0 Å². The zero-order chi connectivity index (χ0) is 29.3. The summed E-state index contributed by atoms with van der Waals surface area (Å²) in [6.45, 7) is 4.46. The van der Waals surface area contributed by atoms with Gasteiger partial charge in [0.2, 0.25) is 0 Å². The van der Waals surface area contributed by atoms with Crippen molar-refractivity contribution in [3.8, 4) is 0 Å². The van der Waals surface area contributed by atoms with Gasteiger partial charge in [-0.05, 0) is 78.2 Å². The van der Waals surface area contributed by atoms with Crippen molar-refractivity contribution in [2.45, 2.75) is 19.1 Å². The van der Waals surface area contributed by atoms with Crippen LogP contribution in [0.5, 0.6) is 0 Å². The second kappa shape index (κ2) is 11.4. The van der Waals surface area contributed by atoms with Crippen molar-refractivity contribution in [2.75, 3.05) is 33.2 Å². The average molecular weight is 565 g/mol. The maximum Gasteiger partial charge on any atom is 0.251 e. The molecule has 1 amide bonds. The molecule has 214 valence electrons. The molecule has 0 radical (unpaired) electrons. The molecule has 2 unspecified atom stereocenters. The Balaban J connectivity index is 1.08. The number of hydrogen-bond donors (Lipinski definition) is 3. The van der Waals surface area contributed by atoms with E-state index in [2.05, 4.69) is 41.9 Å². The van der Waals surface area contributed by atoms with Gasteiger partial charge in [-0.3, -0.25) is 18.9 Å². The SMILES string of the molecule is C[N+]1(c2ccc(CNCCCNC(=O)c3ccc(C4=C5C=CC(=O)C=C5OC5C=C(O)C=CC45)c(C=O)c3)cc2)CC1. The van der Waals surface area contributed by atoms with E-state index in [9.17, 15) is 19.5 Å². The molecular formula is C34H34N3O5+. The zero-order valence-corrected chi connectivity index (χ0v) is 23.5. The van der Waals surface area contributed by atoms with Crippen molar-refractivity contribution in [3.63, 3.8) is 0 Å². The molecule has 1 saturated heterocycles. The number of nitrogens with one attached hydrogen (secondary N) is 2. The minimum atomic E-state index is -0.528. The van der Waals surface area contributed by atoms with E-state index in [1.165, 1.54) is 36.5 Å². The summed E-state index contributed by atoms with van der Waals surface area (Å²) in [5.41, 5.74) is 5.51. The van der Waals surface area contributed by atoms with Gasteiger partial charge in [0.1, 0.15) is 36.4 Å². The van der Waals surface area contributed by atoms with Crippen LogP contribution in [-0.4, -0.2) is 62.4 Å². The first kappa shape index (κ1) is 27.6. The molecule has 2 atom stereocenters. The Morgan fingerprint density at radius 3 is 2.67 bits per heavy atom. The van der Waals surface area contributed by atoms with Crippen LogP contribution >= 0.6 is 0 Å². The molecule has 8 heteroatoms. The Hall–Kier alpha value is -4.53. The second-order valence-electron chi connectivity index (χ2n) is 11.3. The summed E-state index contributed by atoms with van der Waals surface area (Å²) < 4.78 is 7.05. The predicted octanol–water partition coefficient (Wildman–Crippen LogP) is 4.16. The smallest absolute Gasteiger partial charge is 0.251 e. The number of likely N-dealkylation sites (N-methyl/N-ethyl adjacent to an activating group) is 1. The molecular weight excluding hydrogens is 530 g/mol. The Bertz CT molecular complexity index is 1590. The number of rotatable bonds is 10. The summed E-state index contributed by atoms with van der Waals surface area (Å²) in [5.74, 6) is -0.250. The summed E-state index contributed by atoms with van der Waals surface area (Å²) >= 11 is 0. The molecule has 2 heterocycles. The molecule has 8 nitrogen and oxygen atoms in total. The summed E-state index contributed by atoms with van der Waals surface area (Å²) in [5, 5.41) is 16.4. The average Bonchev–Trinajstić information content (AvgIpc) is 3.75. The molecule has 2 aromatic carbocycles. The van der Waals surface area contributed by atoms with E-state index < -0.39 is 6.10 Å². The zero-order valence-electron chi connectivity index (χ0n) is 23.5. The van der Waals surface area contributed by atoms with Crippen molar-refractivity contribution in [1.82, 2.24) is 15.1 Å². The van der Waals surface area contributed by atoms with Crippen molar-refractivity contribution in [3.05, 3.63) is 118 Å². The second-order valence-corrected chi connectivity index (χ2v) is 11.3.